The number of carboxylic acid groups (broad SMARTS) is 1. The van der Waals surface area contributed by atoms with Crippen LogP contribution < -0.4 is 10.6 Å². The molecular weight excluding hydrogens is 415 g/mol. The first-order valence-corrected chi connectivity index (χ1v) is 9.75. The summed E-state index contributed by atoms with van der Waals surface area (Å²) < 4.78 is 18.8. The van der Waals surface area contributed by atoms with Crippen LogP contribution >= 0.6 is 23.6 Å². The molecule has 150 valence electrons. The predicted molar refractivity (Wildman–Crippen MR) is 114 cm³/mol. The average Bonchev–Trinajstić information content (AvgIpc) is 3.10. The first-order chi connectivity index (χ1) is 13.9. The number of ether oxygens (including phenoxy) is 1. The summed E-state index contributed by atoms with van der Waals surface area (Å²) in [4.78, 5) is 23.4. The van der Waals surface area contributed by atoms with Gasteiger partial charge in [0.15, 0.2) is 5.11 Å². The molecule has 6 nitrogen and oxygen atoms in total. The lowest BCUT2D eigenvalue weighted by molar-refractivity contribution is -0.137. The number of thiophene rings is 1. The molecule has 0 bridgehead atoms. The van der Waals surface area contributed by atoms with Crippen LogP contribution in [0, 0.1) is 5.82 Å². The second-order valence-electron chi connectivity index (χ2n) is 6.16. The molecule has 2 aromatic carbocycles. The van der Waals surface area contributed by atoms with Gasteiger partial charge >= 0.3 is 11.9 Å². The summed E-state index contributed by atoms with van der Waals surface area (Å²) in [5, 5.41) is 16.2. The number of esters is 1. The fourth-order valence-electron chi connectivity index (χ4n) is 2.77. The van der Waals surface area contributed by atoms with Gasteiger partial charge in [0.25, 0.3) is 0 Å². The number of methoxy groups -OCH3 is 1. The third-order valence-electron chi connectivity index (χ3n) is 4.12. The van der Waals surface area contributed by atoms with Gasteiger partial charge in [0.2, 0.25) is 0 Å². The van der Waals surface area contributed by atoms with Gasteiger partial charge in [0.1, 0.15) is 10.7 Å². The fourth-order valence-corrected chi connectivity index (χ4v) is 3.99. The van der Waals surface area contributed by atoms with Crippen LogP contribution in [-0.2, 0) is 9.53 Å². The maximum Gasteiger partial charge on any atom is 0.348 e. The zero-order chi connectivity index (χ0) is 21.0. The smallest absolute Gasteiger partial charge is 0.348 e. The number of carboxylic acids is 1. The Kier molecular flexibility index (Phi) is 6.40. The SMILES string of the molecule is COC(=O)c1cc2cc(NC(=S)NC(CC(=O)O)c3ccc(F)cc3)ccc2s1. The summed E-state index contributed by atoms with van der Waals surface area (Å²) in [6.07, 6.45) is -0.223. The summed E-state index contributed by atoms with van der Waals surface area (Å²) in [5.74, 6) is -1.81. The van der Waals surface area contributed by atoms with Gasteiger partial charge in [0.05, 0.1) is 19.6 Å². The van der Waals surface area contributed by atoms with Crippen molar-refractivity contribution in [2.75, 3.05) is 12.4 Å². The van der Waals surface area contributed by atoms with Gasteiger partial charge < -0.3 is 20.5 Å². The third-order valence-corrected chi connectivity index (χ3v) is 5.43. The van der Waals surface area contributed by atoms with E-state index >= 15 is 0 Å². The standard InChI is InChI=1S/C20H17FN2O4S2/c1-27-19(26)17-9-12-8-14(6-7-16(12)29-17)22-20(28)23-15(10-18(24)25)11-2-4-13(21)5-3-11/h2-9,15H,10H2,1H3,(H,24,25)(H2,22,23,28). The largest absolute Gasteiger partial charge is 0.481 e. The molecule has 1 unspecified atom stereocenters. The Morgan fingerprint density at radius 3 is 2.59 bits per heavy atom. The Labute approximate surface area is 175 Å². The molecule has 3 aromatic rings. The van der Waals surface area contributed by atoms with Crippen LogP contribution in [0.25, 0.3) is 10.1 Å². The molecule has 1 atom stereocenters. The second kappa shape index (κ2) is 8.97. The van der Waals surface area contributed by atoms with E-state index in [4.69, 9.17) is 17.0 Å². The lowest BCUT2D eigenvalue weighted by Crippen LogP contribution is -2.33. The molecule has 29 heavy (non-hydrogen) atoms. The Bertz CT molecular complexity index is 1070. The van der Waals surface area contributed by atoms with Crippen LogP contribution in [-0.4, -0.2) is 29.3 Å². The number of aliphatic carboxylic acids is 1. The van der Waals surface area contributed by atoms with Gasteiger partial charge in [-0.25, -0.2) is 9.18 Å². The number of fused-ring (bicyclic) bond motifs is 1. The minimum atomic E-state index is -1.01. The monoisotopic (exact) mass is 432 g/mol. The molecule has 0 fully saturated rings. The van der Waals surface area contributed by atoms with Gasteiger partial charge in [-0.2, -0.15) is 0 Å². The highest BCUT2D eigenvalue weighted by Crippen LogP contribution is 2.28. The average molecular weight is 432 g/mol. The van der Waals surface area contributed by atoms with E-state index in [1.165, 1.54) is 42.7 Å². The second-order valence-corrected chi connectivity index (χ2v) is 7.65. The molecule has 0 aliphatic carbocycles. The van der Waals surface area contributed by atoms with E-state index in [1.54, 1.807) is 12.1 Å². The number of carbonyl (C=O) groups is 2. The van der Waals surface area contributed by atoms with Crippen LogP contribution in [0.1, 0.15) is 27.7 Å². The van der Waals surface area contributed by atoms with Crippen molar-refractivity contribution in [1.29, 1.82) is 0 Å². The Balaban J connectivity index is 1.74. The Morgan fingerprint density at radius 1 is 1.21 bits per heavy atom. The fraction of sp³-hybridized carbons (Fsp3) is 0.150. The first kappa shape index (κ1) is 20.7. The van der Waals surface area contributed by atoms with Crippen LogP contribution in [0.15, 0.2) is 48.5 Å². The highest BCUT2D eigenvalue weighted by molar-refractivity contribution is 7.80. The molecule has 0 spiro atoms. The van der Waals surface area contributed by atoms with Crippen molar-refractivity contribution in [3.05, 3.63) is 64.8 Å². The molecule has 0 amide bonds. The van der Waals surface area contributed by atoms with E-state index in [9.17, 15) is 19.1 Å². The van der Waals surface area contributed by atoms with Crippen molar-refractivity contribution < 1.29 is 23.8 Å². The minimum Gasteiger partial charge on any atom is -0.481 e. The molecule has 0 saturated heterocycles. The molecule has 1 aromatic heterocycles. The van der Waals surface area contributed by atoms with Crippen LogP contribution in [0.4, 0.5) is 10.1 Å². The van der Waals surface area contributed by atoms with Gasteiger partial charge in [0, 0.05) is 10.4 Å². The summed E-state index contributed by atoms with van der Waals surface area (Å²) in [6, 6.07) is 12.2. The number of nitrogens with one attached hydrogen (secondary N) is 2. The van der Waals surface area contributed by atoms with Crippen LogP contribution in [0.5, 0.6) is 0 Å². The normalized spacial score (nSPS) is 11.7. The maximum atomic E-state index is 13.2. The van der Waals surface area contributed by atoms with Crippen molar-refractivity contribution in [2.45, 2.75) is 12.5 Å². The topological polar surface area (TPSA) is 87.7 Å². The van der Waals surface area contributed by atoms with Gasteiger partial charge in [-0.15, -0.1) is 11.3 Å². The van der Waals surface area contributed by atoms with Crippen LogP contribution in [0.3, 0.4) is 0 Å². The van der Waals surface area contributed by atoms with Gasteiger partial charge in [-0.1, -0.05) is 12.1 Å². The number of thiocarbonyl (C=S) groups is 1. The first-order valence-electron chi connectivity index (χ1n) is 8.52. The van der Waals surface area contributed by atoms with Gasteiger partial charge in [-0.3, -0.25) is 4.79 Å². The molecule has 9 heteroatoms. The van der Waals surface area contributed by atoms with Crippen molar-refractivity contribution in [1.82, 2.24) is 5.32 Å². The number of rotatable bonds is 6. The van der Waals surface area contributed by atoms with Gasteiger partial charge in [-0.05, 0) is 59.6 Å². The molecular formula is C20H17FN2O4S2. The van der Waals surface area contributed by atoms with E-state index in [0.717, 1.165) is 10.1 Å². The highest BCUT2D eigenvalue weighted by Gasteiger charge is 2.17. The Hall–Kier alpha value is -3.04. The number of benzene rings is 2. The maximum absolute atomic E-state index is 13.2. The number of carbonyl (C=O) groups excluding carboxylic acids is 1. The molecule has 0 aliphatic heterocycles. The molecule has 1 heterocycles. The van der Waals surface area contributed by atoms with Crippen molar-refractivity contribution in [2.24, 2.45) is 0 Å². The van der Waals surface area contributed by atoms with Crippen molar-refractivity contribution >= 4 is 56.4 Å². The predicted octanol–water partition coefficient (Wildman–Crippen LogP) is 4.33. The zero-order valence-electron chi connectivity index (χ0n) is 15.3. The lowest BCUT2D eigenvalue weighted by Gasteiger charge is -2.20. The quantitative estimate of drug-likeness (QED) is 0.395. The summed E-state index contributed by atoms with van der Waals surface area (Å²) in [7, 11) is 1.33. The van der Waals surface area contributed by atoms with Crippen LogP contribution in [0.2, 0.25) is 0 Å². The van der Waals surface area contributed by atoms with E-state index in [-0.39, 0.29) is 11.5 Å². The van der Waals surface area contributed by atoms with E-state index < -0.39 is 23.8 Å². The molecule has 0 saturated carbocycles. The summed E-state index contributed by atoms with van der Waals surface area (Å²) in [6.45, 7) is 0. The number of halogens is 1. The molecule has 0 radical (unpaired) electrons. The Morgan fingerprint density at radius 2 is 1.93 bits per heavy atom. The highest BCUT2D eigenvalue weighted by atomic mass is 32.1. The lowest BCUT2D eigenvalue weighted by atomic mass is 10.0. The molecule has 3 rings (SSSR count). The third kappa shape index (κ3) is 5.27. The molecule has 3 N–H and O–H groups in total. The summed E-state index contributed by atoms with van der Waals surface area (Å²) in [5.41, 5.74) is 1.28. The minimum absolute atomic E-state index is 0.223. The van der Waals surface area contributed by atoms with E-state index in [0.29, 0.717) is 16.1 Å². The van der Waals surface area contributed by atoms with Crippen molar-refractivity contribution in [3.8, 4) is 0 Å². The van der Waals surface area contributed by atoms with Crippen molar-refractivity contribution in [3.63, 3.8) is 0 Å². The van der Waals surface area contributed by atoms with E-state index in [2.05, 4.69) is 10.6 Å². The number of hydrogen-bond donors (Lipinski definition) is 3. The van der Waals surface area contributed by atoms with E-state index in [1.807, 2.05) is 12.1 Å². The number of hydrogen-bond acceptors (Lipinski definition) is 5. The number of anilines is 1. The zero-order valence-corrected chi connectivity index (χ0v) is 16.9. The summed E-state index contributed by atoms with van der Waals surface area (Å²) >= 11 is 6.65. The molecule has 0 aliphatic rings.